The first kappa shape index (κ1) is 24.9. The predicted molar refractivity (Wildman–Crippen MR) is 142 cm³/mol. The molecule has 2 aromatic heterocycles. The Morgan fingerprint density at radius 2 is 1.86 bits per heavy atom. The van der Waals surface area contributed by atoms with E-state index in [2.05, 4.69) is 16.0 Å². The minimum atomic E-state index is -0.813. The van der Waals surface area contributed by atoms with Crippen LogP contribution < -0.4 is 5.73 Å². The van der Waals surface area contributed by atoms with Crippen LogP contribution in [-0.2, 0) is 21.7 Å². The molecule has 2 N–H and O–H groups in total. The molecular formula is C27H30N6O3S. The highest BCUT2D eigenvalue weighted by atomic mass is 32.1. The second-order valence-corrected chi connectivity index (χ2v) is 10.6. The fourth-order valence-corrected chi connectivity index (χ4v) is 6.30. The quantitative estimate of drug-likeness (QED) is 0.548. The van der Waals surface area contributed by atoms with E-state index >= 15 is 0 Å². The molecule has 1 fully saturated rings. The first-order valence-corrected chi connectivity index (χ1v) is 13.2. The van der Waals surface area contributed by atoms with E-state index in [1.807, 2.05) is 42.6 Å². The summed E-state index contributed by atoms with van der Waals surface area (Å²) in [6.45, 7) is 3.29. The van der Waals surface area contributed by atoms with Gasteiger partial charge in [-0.05, 0) is 48.3 Å². The lowest BCUT2D eigenvalue weighted by atomic mass is 9.71. The summed E-state index contributed by atoms with van der Waals surface area (Å²) >= 11 is 1.56. The number of thiophene rings is 1. The molecule has 2 aliphatic rings. The molecule has 37 heavy (non-hydrogen) atoms. The monoisotopic (exact) mass is 518 g/mol. The molecule has 9 nitrogen and oxygen atoms in total. The third kappa shape index (κ3) is 4.93. The van der Waals surface area contributed by atoms with Crippen molar-refractivity contribution in [3.8, 4) is 11.1 Å². The van der Waals surface area contributed by atoms with Crippen LogP contribution in [0, 0.1) is 11.8 Å². The van der Waals surface area contributed by atoms with Crippen LogP contribution in [0.4, 0.5) is 4.79 Å². The molecule has 1 aromatic carbocycles. The number of carbonyl (C=O) groups is 2. The van der Waals surface area contributed by atoms with Crippen LogP contribution in [-0.4, -0.2) is 57.9 Å². The van der Waals surface area contributed by atoms with Crippen LogP contribution in [0.25, 0.3) is 11.1 Å². The number of benzene rings is 1. The Morgan fingerprint density at radius 3 is 2.57 bits per heavy atom. The Labute approximate surface area is 220 Å². The maximum atomic E-state index is 13.6. The third-order valence-electron chi connectivity index (χ3n) is 7.36. The molecule has 0 spiro atoms. The van der Waals surface area contributed by atoms with Gasteiger partial charge in [0, 0.05) is 43.0 Å². The lowest BCUT2D eigenvalue weighted by Gasteiger charge is -2.45. The summed E-state index contributed by atoms with van der Waals surface area (Å²) in [4.78, 5) is 43.5. The highest BCUT2D eigenvalue weighted by Gasteiger charge is 2.51. The van der Waals surface area contributed by atoms with Crippen molar-refractivity contribution >= 4 is 29.3 Å². The lowest BCUT2D eigenvalue weighted by molar-refractivity contribution is -0.137. The van der Waals surface area contributed by atoms with E-state index in [9.17, 15) is 9.59 Å². The zero-order valence-electron chi connectivity index (χ0n) is 20.9. The Bertz CT molecular complexity index is 1290. The van der Waals surface area contributed by atoms with Gasteiger partial charge in [0.05, 0.1) is 5.92 Å². The molecule has 1 saturated heterocycles. The summed E-state index contributed by atoms with van der Waals surface area (Å²) in [5.41, 5.74) is 8.23. The SMILES string of the molecule is CN1C(=O)[C@H](C2CCN(C(=O)OCc3ccccc3)CC2)[C@@](C)(c2cc(-c3cncnc3)cs2)N=C1N. The number of amides is 2. The van der Waals surface area contributed by atoms with Crippen LogP contribution in [0.1, 0.15) is 30.2 Å². The first-order valence-electron chi connectivity index (χ1n) is 12.3. The number of hydrogen-bond acceptors (Lipinski definition) is 8. The molecule has 2 atom stereocenters. The highest BCUT2D eigenvalue weighted by Crippen LogP contribution is 2.47. The molecule has 10 heteroatoms. The minimum Gasteiger partial charge on any atom is -0.445 e. The van der Waals surface area contributed by atoms with Gasteiger partial charge in [-0.25, -0.2) is 19.8 Å². The van der Waals surface area contributed by atoms with E-state index < -0.39 is 11.5 Å². The largest absolute Gasteiger partial charge is 0.445 e. The highest BCUT2D eigenvalue weighted by molar-refractivity contribution is 7.10. The van der Waals surface area contributed by atoms with E-state index in [0.717, 1.165) is 21.6 Å². The fraction of sp³-hybridized carbons (Fsp3) is 0.370. The van der Waals surface area contributed by atoms with E-state index in [-0.39, 0.29) is 30.5 Å². The van der Waals surface area contributed by atoms with Crippen LogP contribution in [0.2, 0.25) is 0 Å². The van der Waals surface area contributed by atoms with Crippen molar-refractivity contribution in [1.29, 1.82) is 0 Å². The van der Waals surface area contributed by atoms with Gasteiger partial charge in [-0.1, -0.05) is 30.3 Å². The maximum Gasteiger partial charge on any atom is 0.410 e. The summed E-state index contributed by atoms with van der Waals surface area (Å²) < 4.78 is 5.52. The van der Waals surface area contributed by atoms with Gasteiger partial charge in [0.1, 0.15) is 18.5 Å². The van der Waals surface area contributed by atoms with Gasteiger partial charge in [0.2, 0.25) is 5.91 Å². The van der Waals surface area contributed by atoms with Gasteiger partial charge in [-0.15, -0.1) is 11.3 Å². The maximum absolute atomic E-state index is 13.6. The van der Waals surface area contributed by atoms with E-state index in [1.54, 1.807) is 35.7 Å². The van der Waals surface area contributed by atoms with Gasteiger partial charge >= 0.3 is 6.09 Å². The van der Waals surface area contributed by atoms with Gasteiger partial charge in [0.25, 0.3) is 0 Å². The Balaban J connectivity index is 1.33. The minimum absolute atomic E-state index is 0.0422. The number of aliphatic imine (C=N–C) groups is 1. The van der Waals surface area contributed by atoms with Crippen LogP contribution in [0.15, 0.2) is 65.5 Å². The Hall–Kier alpha value is -3.79. The van der Waals surface area contributed by atoms with Gasteiger partial charge in [-0.3, -0.25) is 9.69 Å². The molecule has 3 aromatic rings. The van der Waals surface area contributed by atoms with E-state index in [1.165, 1.54) is 11.2 Å². The molecule has 4 heterocycles. The summed E-state index contributed by atoms with van der Waals surface area (Å²) in [5.74, 6) is -0.187. The second kappa shape index (κ2) is 10.3. The summed E-state index contributed by atoms with van der Waals surface area (Å²) in [5, 5.41) is 2.04. The number of ether oxygens (including phenoxy) is 1. The topological polar surface area (TPSA) is 114 Å². The number of nitrogens with zero attached hydrogens (tertiary/aromatic N) is 5. The molecule has 192 valence electrons. The zero-order chi connectivity index (χ0) is 26.0. The van der Waals surface area contributed by atoms with Crippen molar-refractivity contribution in [1.82, 2.24) is 19.8 Å². The molecule has 2 aliphatic heterocycles. The molecular weight excluding hydrogens is 488 g/mol. The standard InChI is InChI=1S/C27H30N6O3S/c1-27(22-12-20(16-37-22)21-13-29-17-30-14-21)23(24(34)32(2)25(28)31-27)19-8-10-33(11-9-19)26(35)36-15-18-6-4-3-5-7-18/h3-7,12-14,16-17,19,23H,8-11,15H2,1-2H3,(H2,28,31)/t23-,27+/m0/s1. The van der Waals surface area contributed by atoms with Crippen molar-refractivity contribution in [2.45, 2.75) is 31.9 Å². The third-order valence-corrected chi connectivity index (χ3v) is 8.52. The molecule has 0 aliphatic carbocycles. The second-order valence-electron chi connectivity index (χ2n) is 9.68. The number of likely N-dealkylation sites (tertiary alicyclic amines) is 1. The van der Waals surface area contributed by atoms with Crippen molar-refractivity contribution in [2.75, 3.05) is 20.1 Å². The number of hydrogen-bond donors (Lipinski definition) is 1. The number of nitrogens with two attached hydrogens (primary N) is 1. The van der Waals surface area contributed by atoms with Crippen molar-refractivity contribution in [3.05, 3.63) is 70.9 Å². The number of piperidine rings is 1. The number of rotatable bonds is 5. The van der Waals surface area contributed by atoms with Crippen molar-refractivity contribution in [3.63, 3.8) is 0 Å². The van der Waals surface area contributed by atoms with E-state index in [0.29, 0.717) is 25.9 Å². The molecule has 0 unspecified atom stereocenters. The van der Waals surface area contributed by atoms with Gasteiger partial charge in [-0.2, -0.15) is 0 Å². The summed E-state index contributed by atoms with van der Waals surface area (Å²) in [6.07, 6.45) is 6.07. The molecule has 0 saturated carbocycles. The van der Waals surface area contributed by atoms with Crippen LogP contribution in [0.3, 0.4) is 0 Å². The predicted octanol–water partition coefficient (Wildman–Crippen LogP) is 3.87. The smallest absolute Gasteiger partial charge is 0.410 e. The van der Waals surface area contributed by atoms with Crippen molar-refractivity contribution < 1.29 is 14.3 Å². The van der Waals surface area contributed by atoms with Gasteiger partial charge < -0.3 is 15.4 Å². The van der Waals surface area contributed by atoms with Crippen LogP contribution in [0.5, 0.6) is 0 Å². The first-order chi connectivity index (χ1) is 17.9. The number of carbonyl (C=O) groups excluding carboxylic acids is 2. The Kier molecular flexibility index (Phi) is 6.92. The average molecular weight is 519 g/mol. The molecule has 0 bridgehead atoms. The number of guanidine groups is 1. The summed E-state index contributed by atoms with van der Waals surface area (Å²) in [7, 11) is 1.67. The average Bonchev–Trinajstić information content (AvgIpc) is 3.43. The molecule has 5 rings (SSSR count). The summed E-state index contributed by atoms with van der Waals surface area (Å²) in [6, 6.07) is 11.7. The van der Waals surface area contributed by atoms with Crippen LogP contribution >= 0.6 is 11.3 Å². The lowest BCUT2D eigenvalue weighted by Crippen LogP contribution is -2.57. The Morgan fingerprint density at radius 1 is 1.16 bits per heavy atom. The molecule has 0 radical (unpaired) electrons. The van der Waals surface area contributed by atoms with Crippen molar-refractivity contribution in [2.24, 2.45) is 22.6 Å². The fourth-order valence-electron chi connectivity index (χ4n) is 5.24. The normalized spacial score (nSPS) is 22.6. The van der Waals surface area contributed by atoms with E-state index in [4.69, 9.17) is 15.5 Å². The van der Waals surface area contributed by atoms with Gasteiger partial charge in [0.15, 0.2) is 5.96 Å². The molecule has 2 amide bonds. The zero-order valence-corrected chi connectivity index (χ0v) is 21.7. The number of aromatic nitrogens is 2.